The number of carbonyl (C=O) groups is 1. The highest BCUT2D eigenvalue weighted by Gasteiger charge is 2.22. The molecule has 7 heteroatoms. The van der Waals surface area contributed by atoms with Crippen LogP contribution in [0, 0.1) is 11.6 Å². The molecule has 0 atom stereocenters. The van der Waals surface area contributed by atoms with Crippen molar-refractivity contribution in [3.63, 3.8) is 0 Å². The van der Waals surface area contributed by atoms with Crippen LogP contribution < -0.4 is 5.32 Å². The minimum Gasteiger partial charge on any atom is -0.393 e. The van der Waals surface area contributed by atoms with Crippen LogP contribution in [-0.4, -0.2) is 22.4 Å². The molecule has 1 amide bonds. The van der Waals surface area contributed by atoms with Crippen LogP contribution in [0.3, 0.4) is 0 Å². The van der Waals surface area contributed by atoms with Gasteiger partial charge >= 0.3 is 0 Å². The van der Waals surface area contributed by atoms with E-state index in [1.807, 2.05) is 0 Å². The Morgan fingerprint density at radius 1 is 1.08 bits per heavy atom. The lowest BCUT2D eigenvalue weighted by molar-refractivity contribution is 0.102. The van der Waals surface area contributed by atoms with Gasteiger partial charge < -0.3 is 10.4 Å². The lowest BCUT2D eigenvalue weighted by Gasteiger charge is -2.25. The van der Waals surface area contributed by atoms with Gasteiger partial charge in [-0.2, -0.15) is 0 Å². The van der Waals surface area contributed by atoms with Gasteiger partial charge in [0.2, 0.25) is 0 Å². The van der Waals surface area contributed by atoms with E-state index < -0.39 is 11.7 Å². The first kappa shape index (κ1) is 19.1. The topological polar surface area (TPSA) is 49.3 Å². The van der Waals surface area contributed by atoms with E-state index in [9.17, 15) is 18.7 Å². The standard InChI is InChI=1S/C19H18ClF2NO2S/c20-15-10-12(2-8-16(15)21)23-19(25)11-1-7-17(22)18(9-11)26-14-5-3-13(24)4-6-14/h1-2,7-10,13-14,24H,3-6H2,(H,23,25). The van der Waals surface area contributed by atoms with E-state index in [-0.39, 0.29) is 22.2 Å². The van der Waals surface area contributed by atoms with Gasteiger partial charge in [-0.1, -0.05) is 11.6 Å². The van der Waals surface area contributed by atoms with Crippen molar-refractivity contribution in [2.75, 3.05) is 5.32 Å². The number of carbonyl (C=O) groups excluding carboxylic acids is 1. The molecule has 0 aromatic heterocycles. The Morgan fingerprint density at radius 2 is 1.77 bits per heavy atom. The van der Waals surface area contributed by atoms with Crippen molar-refractivity contribution in [2.24, 2.45) is 0 Å². The van der Waals surface area contributed by atoms with Crippen LogP contribution in [0.1, 0.15) is 36.0 Å². The summed E-state index contributed by atoms with van der Waals surface area (Å²) in [6, 6.07) is 8.09. The highest BCUT2D eigenvalue weighted by molar-refractivity contribution is 8.00. The molecule has 2 aromatic carbocycles. The number of hydrogen-bond donors (Lipinski definition) is 2. The molecule has 26 heavy (non-hydrogen) atoms. The minimum absolute atomic E-state index is 0.0855. The monoisotopic (exact) mass is 397 g/mol. The van der Waals surface area contributed by atoms with Gasteiger partial charge in [-0.3, -0.25) is 4.79 Å². The Morgan fingerprint density at radius 3 is 2.46 bits per heavy atom. The first-order valence-corrected chi connectivity index (χ1v) is 9.59. The number of thioether (sulfide) groups is 1. The molecule has 1 aliphatic rings. The lowest BCUT2D eigenvalue weighted by Crippen LogP contribution is -2.19. The maximum Gasteiger partial charge on any atom is 0.255 e. The van der Waals surface area contributed by atoms with Crippen molar-refractivity contribution >= 4 is 35.0 Å². The second-order valence-electron chi connectivity index (χ2n) is 6.28. The summed E-state index contributed by atoms with van der Waals surface area (Å²) >= 11 is 7.11. The molecule has 0 saturated heterocycles. The zero-order valence-electron chi connectivity index (χ0n) is 13.8. The third-order valence-electron chi connectivity index (χ3n) is 4.31. The van der Waals surface area contributed by atoms with Crippen LogP contribution in [0.5, 0.6) is 0 Å². The molecule has 3 nitrogen and oxygen atoms in total. The van der Waals surface area contributed by atoms with E-state index in [4.69, 9.17) is 11.6 Å². The van der Waals surface area contributed by atoms with Crippen LogP contribution in [0.15, 0.2) is 41.3 Å². The summed E-state index contributed by atoms with van der Waals surface area (Å²) in [6.45, 7) is 0. The normalized spacial score (nSPS) is 20.0. The van der Waals surface area contributed by atoms with Gasteiger partial charge in [0.05, 0.1) is 11.1 Å². The van der Waals surface area contributed by atoms with Gasteiger partial charge in [0.1, 0.15) is 11.6 Å². The van der Waals surface area contributed by atoms with Gasteiger partial charge in [-0.15, -0.1) is 11.8 Å². The predicted molar refractivity (Wildman–Crippen MR) is 99.9 cm³/mol. The molecule has 0 unspecified atom stereocenters. The average molecular weight is 398 g/mol. The van der Waals surface area contributed by atoms with Crippen LogP contribution in [-0.2, 0) is 0 Å². The Balaban J connectivity index is 1.71. The lowest BCUT2D eigenvalue weighted by atomic mass is 9.97. The molecule has 0 spiro atoms. The summed E-state index contributed by atoms with van der Waals surface area (Å²) in [7, 11) is 0. The summed E-state index contributed by atoms with van der Waals surface area (Å²) in [5, 5.41) is 12.3. The SMILES string of the molecule is O=C(Nc1ccc(F)c(Cl)c1)c1ccc(F)c(SC2CCC(O)CC2)c1. The summed E-state index contributed by atoms with van der Waals surface area (Å²) in [5.41, 5.74) is 0.673. The number of benzene rings is 2. The number of aliphatic hydroxyl groups is 1. The first-order chi connectivity index (χ1) is 12.4. The second-order valence-corrected chi connectivity index (χ2v) is 8.03. The first-order valence-electron chi connectivity index (χ1n) is 8.33. The van der Waals surface area contributed by atoms with Gasteiger partial charge in [0, 0.05) is 21.4 Å². The smallest absolute Gasteiger partial charge is 0.255 e. The number of aliphatic hydroxyl groups excluding tert-OH is 1. The third kappa shape index (κ3) is 4.75. The molecule has 0 radical (unpaired) electrons. The van der Waals surface area contributed by atoms with Crippen molar-refractivity contribution in [2.45, 2.75) is 41.9 Å². The molecule has 0 bridgehead atoms. The molecule has 0 aliphatic heterocycles. The summed E-state index contributed by atoms with van der Waals surface area (Å²) < 4.78 is 27.3. The molecule has 1 aliphatic carbocycles. The van der Waals surface area contributed by atoms with E-state index >= 15 is 0 Å². The van der Waals surface area contributed by atoms with E-state index in [0.717, 1.165) is 12.8 Å². The largest absolute Gasteiger partial charge is 0.393 e. The maximum atomic E-state index is 14.1. The molecule has 0 heterocycles. The van der Waals surface area contributed by atoms with Gasteiger partial charge in [0.15, 0.2) is 0 Å². The predicted octanol–water partition coefficient (Wildman–Crippen LogP) is 5.27. The molecule has 3 rings (SSSR count). The highest BCUT2D eigenvalue weighted by atomic mass is 35.5. The Kier molecular flexibility index (Phi) is 6.16. The van der Waals surface area contributed by atoms with Crippen molar-refractivity contribution in [3.8, 4) is 0 Å². The molecular weight excluding hydrogens is 380 g/mol. The van der Waals surface area contributed by atoms with Crippen LogP contribution >= 0.6 is 23.4 Å². The fraction of sp³-hybridized carbons (Fsp3) is 0.316. The van der Waals surface area contributed by atoms with E-state index in [1.54, 1.807) is 0 Å². The fourth-order valence-corrected chi connectivity index (χ4v) is 4.28. The number of amides is 1. The van der Waals surface area contributed by atoms with E-state index in [1.165, 1.54) is 48.2 Å². The Hall–Kier alpha value is -1.63. The number of anilines is 1. The number of rotatable bonds is 4. The van der Waals surface area contributed by atoms with Crippen molar-refractivity contribution in [1.82, 2.24) is 0 Å². The molecule has 2 N–H and O–H groups in total. The molecule has 1 fully saturated rings. The van der Waals surface area contributed by atoms with Gasteiger partial charge in [-0.25, -0.2) is 8.78 Å². The zero-order chi connectivity index (χ0) is 18.7. The Bertz CT molecular complexity index is 810. The summed E-state index contributed by atoms with van der Waals surface area (Å²) in [5.74, 6) is -1.36. The van der Waals surface area contributed by atoms with Crippen LogP contribution in [0.4, 0.5) is 14.5 Å². The Labute approximate surface area is 159 Å². The van der Waals surface area contributed by atoms with Crippen molar-refractivity contribution in [1.29, 1.82) is 0 Å². The number of nitrogens with one attached hydrogen (secondary N) is 1. The third-order valence-corrected chi connectivity index (χ3v) is 5.97. The highest BCUT2D eigenvalue weighted by Crippen LogP contribution is 2.35. The van der Waals surface area contributed by atoms with Gasteiger partial charge in [0.25, 0.3) is 5.91 Å². The second kappa shape index (κ2) is 8.37. The average Bonchev–Trinajstić information content (AvgIpc) is 2.62. The molecule has 2 aromatic rings. The van der Waals surface area contributed by atoms with Crippen molar-refractivity contribution in [3.05, 3.63) is 58.6 Å². The van der Waals surface area contributed by atoms with E-state index in [0.29, 0.717) is 29.0 Å². The van der Waals surface area contributed by atoms with Crippen LogP contribution in [0.2, 0.25) is 5.02 Å². The zero-order valence-corrected chi connectivity index (χ0v) is 15.4. The van der Waals surface area contributed by atoms with E-state index in [2.05, 4.69) is 5.32 Å². The summed E-state index contributed by atoms with van der Waals surface area (Å²) in [4.78, 5) is 12.8. The molecule has 1 saturated carbocycles. The van der Waals surface area contributed by atoms with Gasteiger partial charge in [-0.05, 0) is 62.1 Å². The number of hydrogen-bond acceptors (Lipinski definition) is 3. The maximum absolute atomic E-state index is 14.1. The quantitative estimate of drug-likeness (QED) is 0.739. The summed E-state index contributed by atoms with van der Waals surface area (Å²) in [6.07, 6.45) is 2.79. The minimum atomic E-state index is -0.567. The fourth-order valence-electron chi connectivity index (χ4n) is 2.85. The van der Waals surface area contributed by atoms with Crippen LogP contribution in [0.25, 0.3) is 0 Å². The molecular formula is C19H18ClF2NO2S. The van der Waals surface area contributed by atoms with Crippen molar-refractivity contribution < 1.29 is 18.7 Å². The molecule has 138 valence electrons. The number of halogens is 3.